The average molecular weight is 283 g/mol. The van der Waals surface area contributed by atoms with E-state index in [0.717, 1.165) is 12.8 Å². The second kappa shape index (κ2) is 5.00. The molecule has 106 valence electrons. The second-order valence-electron chi connectivity index (χ2n) is 6.18. The van der Waals surface area contributed by atoms with Gasteiger partial charge in [-0.1, -0.05) is 20.8 Å². The smallest absolute Gasteiger partial charge is 0.407 e. The minimum absolute atomic E-state index is 0.0343. The van der Waals surface area contributed by atoms with Crippen LogP contribution in [-0.4, -0.2) is 33.7 Å². The van der Waals surface area contributed by atoms with Crippen LogP contribution in [0.5, 0.6) is 0 Å². The Morgan fingerprint density at radius 2 is 2.26 bits per heavy atom. The van der Waals surface area contributed by atoms with E-state index in [4.69, 9.17) is 5.73 Å². The maximum absolute atomic E-state index is 11.4. The Morgan fingerprint density at radius 1 is 1.58 bits per heavy atom. The zero-order valence-corrected chi connectivity index (χ0v) is 12.4. The molecule has 0 aromatic carbocycles. The molecule has 1 fully saturated rings. The van der Waals surface area contributed by atoms with Crippen LogP contribution in [0, 0.1) is 5.41 Å². The van der Waals surface area contributed by atoms with Crippen LogP contribution in [0.2, 0.25) is 0 Å². The summed E-state index contributed by atoms with van der Waals surface area (Å²) in [6, 6.07) is 0.0343. The SMILES string of the molecule is CC(C)(C)C1CC(c2cnc(N)s2)CCN1C(=O)O. The van der Waals surface area contributed by atoms with Crippen LogP contribution >= 0.6 is 11.3 Å². The van der Waals surface area contributed by atoms with E-state index in [1.165, 1.54) is 16.2 Å². The summed E-state index contributed by atoms with van der Waals surface area (Å²) in [5.74, 6) is 0.370. The van der Waals surface area contributed by atoms with E-state index < -0.39 is 6.09 Å². The number of nitrogens with two attached hydrogens (primary N) is 1. The van der Waals surface area contributed by atoms with Crippen molar-refractivity contribution >= 4 is 22.6 Å². The molecule has 2 rings (SSSR count). The molecule has 0 aliphatic carbocycles. The van der Waals surface area contributed by atoms with Gasteiger partial charge in [-0.05, 0) is 24.2 Å². The zero-order chi connectivity index (χ0) is 14.2. The van der Waals surface area contributed by atoms with Crippen LogP contribution in [0.15, 0.2) is 6.20 Å². The number of hydrogen-bond acceptors (Lipinski definition) is 4. The summed E-state index contributed by atoms with van der Waals surface area (Å²) in [7, 11) is 0. The van der Waals surface area contributed by atoms with E-state index >= 15 is 0 Å². The fourth-order valence-electron chi connectivity index (χ4n) is 2.76. The minimum Gasteiger partial charge on any atom is -0.465 e. The Kier molecular flexibility index (Phi) is 3.71. The van der Waals surface area contributed by atoms with Gasteiger partial charge in [0.25, 0.3) is 0 Å². The van der Waals surface area contributed by atoms with E-state index in [-0.39, 0.29) is 11.5 Å². The molecule has 3 N–H and O–H groups in total. The highest BCUT2D eigenvalue weighted by atomic mass is 32.1. The molecular formula is C13H21N3O2S. The number of likely N-dealkylation sites (tertiary alicyclic amines) is 1. The Hall–Kier alpha value is -1.30. The first-order valence-corrected chi connectivity index (χ1v) is 7.31. The van der Waals surface area contributed by atoms with Crippen molar-refractivity contribution in [2.75, 3.05) is 12.3 Å². The first-order valence-electron chi connectivity index (χ1n) is 6.50. The number of amides is 1. The average Bonchev–Trinajstić information content (AvgIpc) is 2.74. The van der Waals surface area contributed by atoms with Gasteiger partial charge in [0.05, 0.1) is 0 Å². The molecule has 1 aromatic rings. The van der Waals surface area contributed by atoms with Crippen molar-refractivity contribution in [1.29, 1.82) is 0 Å². The Bertz CT molecular complexity index is 467. The maximum atomic E-state index is 11.4. The van der Waals surface area contributed by atoms with Crippen molar-refractivity contribution in [3.05, 3.63) is 11.1 Å². The Morgan fingerprint density at radius 3 is 2.74 bits per heavy atom. The molecule has 5 nitrogen and oxygen atoms in total. The molecule has 0 bridgehead atoms. The highest BCUT2D eigenvalue weighted by molar-refractivity contribution is 7.15. The Labute approximate surface area is 117 Å². The number of piperidine rings is 1. The number of anilines is 1. The molecule has 0 spiro atoms. The van der Waals surface area contributed by atoms with Crippen molar-refractivity contribution in [2.24, 2.45) is 5.41 Å². The normalized spacial score (nSPS) is 24.5. The number of carbonyl (C=O) groups is 1. The van der Waals surface area contributed by atoms with Crippen LogP contribution < -0.4 is 5.73 Å². The third-order valence-electron chi connectivity index (χ3n) is 3.79. The van der Waals surface area contributed by atoms with Gasteiger partial charge < -0.3 is 15.7 Å². The topological polar surface area (TPSA) is 79.5 Å². The van der Waals surface area contributed by atoms with E-state index in [0.29, 0.717) is 17.6 Å². The van der Waals surface area contributed by atoms with Crippen molar-refractivity contribution in [3.63, 3.8) is 0 Å². The molecule has 6 heteroatoms. The highest BCUT2D eigenvalue weighted by Crippen LogP contribution is 2.40. The first-order chi connectivity index (χ1) is 8.79. The van der Waals surface area contributed by atoms with Crippen molar-refractivity contribution in [2.45, 2.75) is 45.6 Å². The summed E-state index contributed by atoms with van der Waals surface area (Å²) in [5, 5.41) is 9.92. The molecule has 19 heavy (non-hydrogen) atoms. The minimum atomic E-state index is -0.817. The lowest BCUT2D eigenvalue weighted by Gasteiger charge is -2.44. The second-order valence-corrected chi connectivity index (χ2v) is 7.27. The quantitative estimate of drug-likeness (QED) is 0.830. The molecule has 2 atom stereocenters. The summed E-state index contributed by atoms with van der Waals surface area (Å²) in [6.07, 6.45) is 2.71. The van der Waals surface area contributed by atoms with Crippen LogP contribution in [-0.2, 0) is 0 Å². The number of rotatable bonds is 1. The van der Waals surface area contributed by atoms with E-state index in [2.05, 4.69) is 25.8 Å². The van der Waals surface area contributed by atoms with Crippen LogP contribution in [0.3, 0.4) is 0 Å². The van der Waals surface area contributed by atoms with Gasteiger partial charge in [-0.25, -0.2) is 9.78 Å². The molecule has 2 heterocycles. The lowest BCUT2D eigenvalue weighted by atomic mass is 9.77. The molecule has 1 aromatic heterocycles. The zero-order valence-electron chi connectivity index (χ0n) is 11.6. The molecule has 0 saturated carbocycles. The molecule has 1 aliphatic rings. The number of nitrogen functional groups attached to an aromatic ring is 1. The predicted octanol–water partition coefficient (Wildman–Crippen LogP) is 3.00. The molecular weight excluding hydrogens is 262 g/mol. The summed E-state index contributed by atoms with van der Waals surface area (Å²) in [5.41, 5.74) is 5.62. The van der Waals surface area contributed by atoms with Gasteiger partial charge in [-0.15, -0.1) is 11.3 Å². The lowest BCUT2D eigenvalue weighted by Crippen LogP contribution is -2.51. The van der Waals surface area contributed by atoms with Gasteiger partial charge in [-0.3, -0.25) is 0 Å². The highest BCUT2D eigenvalue weighted by Gasteiger charge is 2.39. The number of carboxylic acid groups (broad SMARTS) is 1. The number of aromatic nitrogens is 1. The van der Waals surface area contributed by atoms with Gasteiger partial charge in [0, 0.05) is 23.7 Å². The maximum Gasteiger partial charge on any atom is 0.407 e. The third kappa shape index (κ3) is 3.00. The monoisotopic (exact) mass is 283 g/mol. The van der Waals surface area contributed by atoms with Gasteiger partial charge >= 0.3 is 6.09 Å². The molecule has 1 saturated heterocycles. The fourth-order valence-corrected chi connectivity index (χ4v) is 3.60. The summed E-state index contributed by atoms with van der Waals surface area (Å²) in [4.78, 5) is 18.2. The fraction of sp³-hybridized carbons (Fsp3) is 0.692. The standard InChI is InChI=1S/C13H21N3O2S/c1-13(2,3)10-6-8(4-5-16(10)12(17)18)9-7-15-11(14)19-9/h7-8,10H,4-6H2,1-3H3,(H2,14,15)(H,17,18). The van der Waals surface area contributed by atoms with E-state index in [1.54, 1.807) is 4.90 Å². The van der Waals surface area contributed by atoms with Crippen LogP contribution in [0.4, 0.5) is 9.93 Å². The van der Waals surface area contributed by atoms with Gasteiger partial charge in [0.1, 0.15) is 0 Å². The molecule has 2 unspecified atom stereocenters. The largest absolute Gasteiger partial charge is 0.465 e. The Balaban J connectivity index is 2.19. The third-order valence-corrected chi connectivity index (χ3v) is 4.78. The van der Waals surface area contributed by atoms with Crippen molar-refractivity contribution in [3.8, 4) is 0 Å². The molecule has 1 amide bonds. The summed E-state index contributed by atoms with van der Waals surface area (Å²) < 4.78 is 0. The lowest BCUT2D eigenvalue weighted by molar-refractivity contribution is 0.0529. The predicted molar refractivity (Wildman–Crippen MR) is 76.5 cm³/mol. The van der Waals surface area contributed by atoms with Gasteiger partial charge in [0.2, 0.25) is 0 Å². The van der Waals surface area contributed by atoms with Crippen LogP contribution in [0.25, 0.3) is 0 Å². The van der Waals surface area contributed by atoms with Gasteiger partial charge in [0.15, 0.2) is 5.13 Å². The molecule has 0 radical (unpaired) electrons. The first kappa shape index (κ1) is 14.1. The van der Waals surface area contributed by atoms with Crippen molar-refractivity contribution in [1.82, 2.24) is 9.88 Å². The van der Waals surface area contributed by atoms with Crippen LogP contribution in [0.1, 0.15) is 44.4 Å². The summed E-state index contributed by atoms with van der Waals surface area (Å²) >= 11 is 1.52. The summed E-state index contributed by atoms with van der Waals surface area (Å²) in [6.45, 7) is 6.87. The number of thiazole rings is 1. The molecule has 1 aliphatic heterocycles. The van der Waals surface area contributed by atoms with Crippen molar-refractivity contribution < 1.29 is 9.90 Å². The number of nitrogens with zero attached hydrogens (tertiary/aromatic N) is 2. The van der Waals surface area contributed by atoms with E-state index in [1.807, 2.05) is 6.20 Å². The van der Waals surface area contributed by atoms with E-state index in [9.17, 15) is 9.90 Å². The van der Waals surface area contributed by atoms with Gasteiger partial charge in [-0.2, -0.15) is 0 Å². The number of hydrogen-bond donors (Lipinski definition) is 2.